The summed E-state index contributed by atoms with van der Waals surface area (Å²) >= 11 is 0. The molecule has 0 radical (unpaired) electrons. The van der Waals surface area contributed by atoms with Crippen LogP contribution in [0.25, 0.3) is 5.57 Å². The number of nitrogens with two attached hydrogens (primary N) is 1. The Labute approximate surface area is 103 Å². The average molecular weight is 229 g/mol. The summed E-state index contributed by atoms with van der Waals surface area (Å²) in [4.78, 5) is 12.1. The molecule has 1 aliphatic rings. The number of hydrogen-bond acceptors (Lipinski definition) is 2. The second-order valence-electron chi connectivity index (χ2n) is 5.13. The summed E-state index contributed by atoms with van der Waals surface area (Å²) in [7, 11) is 0. The Balaban J connectivity index is 2.66. The molecule has 0 amide bonds. The lowest BCUT2D eigenvalue weighted by Crippen LogP contribution is -2.03. The zero-order chi connectivity index (χ0) is 12.7. The molecular formula is C15H19NO. The van der Waals surface area contributed by atoms with Crippen LogP contribution >= 0.6 is 0 Å². The van der Waals surface area contributed by atoms with Crippen molar-refractivity contribution in [1.29, 1.82) is 0 Å². The molecule has 1 atom stereocenters. The fourth-order valence-electron chi connectivity index (χ4n) is 2.55. The van der Waals surface area contributed by atoms with Gasteiger partial charge in [-0.05, 0) is 38.3 Å². The van der Waals surface area contributed by atoms with E-state index in [2.05, 4.69) is 13.0 Å². The molecule has 2 rings (SSSR count). The summed E-state index contributed by atoms with van der Waals surface area (Å²) in [5.74, 6) is 0.574. The molecule has 1 unspecified atom stereocenters. The third-order valence-electron chi connectivity index (χ3n) is 3.70. The summed E-state index contributed by atoms with van der Waals surface area (Å²) in [6.07, 6.45) is 0.619. The van der Waals surface area contributed by atoms with E-state index in [0.717, 1.165) is 28.0 Å². The molecule has 90 valence electrons. The number of nitrogen functional groups attached to an aromatic ring is 1. The molecule has 2 N–H and O–H groups in total. The number of ketones is 1. The minimum Gasteiger partial charge on any atom is -0.398 e. The van der Waals surface area contributed by atoms with Crippen molar-refractivity contribution in [3.63, 3.8) is 0 Å². The first-order chi connectivity index (χ1) is 7.91. The van der Waals surface area contributed by atoms with Crippen molar-refractivity contribution in [1.82, 2.24) is 0 Å². The predicted octanol–water partition coefficient (Wildman–Crippen LogP) is 3.27. The van der Waals surface area contributed by atoms with E-state index in [-0.39, 0.29) is 5.78 Å². The molecule has 0 spiro atoms. The number of Topliss-reactive ketones (excluding diaryl/α,β-unsaturated/α-hetero) is 1. The van der Waals surface area contributed by atoms with E-state index in [0.29, 0.717) is 12.3 Å². The smallest absolute Gasteiger partial charge is 0.164 e. The molecule has 2 nitrogen and oxygen atoms in total. The van der Waals surface area contributed by atoms with Crippen LogP contribution in [0.3, 0.4) is 0 Å². The molecule has 1 aromatic rings. The Morgan fingerprint density at radius 3 is 2.41 bits per heavy atom. The van der Waals surface area contributed by atoms with Crippen molar-refractivity contribution in [3.8, 4) is 0 Å². The van der Waals surface area contributed by atoms with Gasteiger partial charge in [-0.1, -0.05) is 24.1 Å². The lowest BCUT2D eigenvalue weighted by molar-refractivity contribution is -0.113. The lowest BCUT2D eigenvalue weighted by Gasteiger charge is -2.12. The highest BCUT2D eigenvalue weighted by atomic mass is 16.1. The minimum atomic E-state index is 0.228. The summed E-state index contributed by atoms with van der Waals surface area (Å²) in [5, 5.41) is 0. The van der Waals surface area contributed by atoms with E-state index in [4.69, 9.17) is 5.73 Å². The van der Waals surface area contributed by atoms with Crippen LogP contribution in [0.5, 0.6) is 0 Å². The maximum Gasteiger partial charge on any atom is 0.164 e. The average Bonchev–Trinajstić information content (AvgIpc) is 2.48. The van der Waals surface area contributed by atoms with Gasteiger partial charge in [0.15, 0.2) is 5.78 Å². The summed E-state index contributed by atoms with van der Waals surface area (Å²) in [6, 6.07) is 4.08. The fraction of sp³-hybridized carbons (Fsp3) is 0.400. The molecular weight excluding hydrogens is 210 g/mol. The Bertz CT molecular complexity index is 526. The molecule has 0 bridgehead atoms. The van der Waals surface area contributed by atoms with Gasteiger partial charge in [0, 0.05) is 23.2 Å². The number of anilines is 1. The van der Waals surface area contributed by atoms with Gasteiger partial charge in [-0.3, -0.25) is 4.79 Å². The summed E-state index contributed by atoms with van der Waals surface area (Å²) < 4.78 is 0. The first-order valence-corrected chi connectivity index (χ1v) is 6.03. The van der Waals surface area contributed by atoms with Gasteiger partial charge >= 0.3 is 0 Å². The molecule has 2 heteroatoms. The van der Waals surface area contributed by atoms with Crippen molar-refractivity contribution in [2.45, 2.75) is 34.1 Å². The fourth-order valence-corrected chi connectivity index (χ4v) is 2.55. The molecule has 0 heterocycles. The largest absolute Gasteiger partial charge is 0.398 e. The quantitative estimate of drug-likeness (QED) is 0.751. The number of rotatable bonds is 1. The van der Waals surface area contributed by atoms with Crippen LogP contribution in [0, 0.1) is 19.8 Å². The third kappa shape index (κ3) is 1.88. The highest BCUT2D eigenvalue weighted by molar-refractivity contribution is 6.25. The maximum atomic E-state index is 12.1. The van der Waals surface area contributed by atoms with Crippen LogP contribution in [0.4, 0.5) is 5.69 Å². The van der Waals surface area contributed by atoms with Crippen molar-refractivity contribution in [2.24, 2.45) is 5.92 Å². The first-order valence-electron chi connectivity index (χ1n) is 6.03. The van der Waals surface area contributed by atoms with Crippen molar-refractivity contribution < 1.29 is 4.79 Å². The first kappa shape index (κ1) is 11.9. The van der Waals surface area contributed by atoms with E-state index < -0.39 is 0 Å². The highest BCUT2D eigenvalue weighted by Gasteiger charge is 2.28. The lowest BCUT2D eigenvalue weighted by atomic mass is 9.95. The van der Waals surface area contributed by atoms with E-state index >= 15 is 0 Å². The topological polar surface area (TPSA) is 43.1 Å². The number of carbonyl (C=O) groups excluding carboxylic acids is 1. The number of benzene rings is 1. The van der Waals surface area contributed by atoms with Crippen LogP contribution in [0.2, 0.25) is 0 Å². The standard InChI is InChI=1S/C15H19NO/c1-8-5-10(3)15(16)12(6-8)14-11(4)9(2)7-13(14)17/h5-6,9H,7,16H2,1-4H3. The van der Waals surface area contributed by atoms with E-state index in [1.165, 1.54) is 5.57 Å². The summed E-state index contributed by atoms with van der Waals surface area (Å²) in [5.41, 5.74) is 12.0. The Hall–Kier alpha value is -1.57. The minimum absolute atomic E-state index is 0.228. The van der Waals surface area contributed by atoms with Crippen LogP contribution in [-0.4, -0.2) is 5.78 Å². The van der Waals surface area contributed by atoms with Crippen LogP contribution in [0.15, 0.2) is 17.7 Å². The number of carbonyl (C=O) groups is 1. The molecule has 0 aromatic heterocycles. The number of aryl methyl sites for hydroxylation is 2. The van der Waals surface area contributed by atoms with Crippen LogP contribution in [0.1, 0.15) is 37.0 Å². The maximum absolute atomic E-state index is 12.1. The normalized spacial score (nSPS) is 20.2. The van der Waals surface area contributed by atoms with Crippen LogP contribution in [-0.2, 0) is 4.79 Å². The van der Waals surface area contributed by atoms with E-state index in [1.54, 1.807) is 0 Å². The SMILES string of the molecule is CC1=C(c2cc(C)cc(C)c2N)C(=O)CC1C. The van der Waals surface area contributed by atoms with Crippen LogP contribution < -0.4 is 5.73 Å². The van der Waals surface area contributed by atoms with Gasteiger partial charge in [0.1, 0.15) is 0 Å². The predicted molar refractivity (Wildman–Crippen MR) is 71.7 cm³/mol. The molecule has 0 aliphatic heterocycles. The van der Waals surface area contributed by atoms with Gasteiger partial charge in [-0.25, -0.2) is 0 Å². The third-order valence-corrected chi connectivity index (χ3v) is 3.70. The van der Waals surface area contributed by atoms with Gasteiger partial charge < -0.3 is 5.73 Å². The zero-order valence-corrected chi connectivity index (χ0v) is 10.9. The molecule has 17 heavy (non-hydrogen) atoms. The molecule has 0 fully saturated rings. The van der Waals surface area contributed by atoms with Gasteiger partial charge in [-0.15, -0.1) is 0 Å². The van der Waals surface area contributed by atoms with Crippen molar-refractivity contribution in [3.05, 3.63) is 34.4 Å². The van der Waals surface area contributed by atoms with Crippen molar-refractivity contribution >= 4 is 17.0 Å². The Morgan fingerprint density at radius 2 is 1.88 bits per heavy atom. The van der Waals surface area contributed by atoms with E-state index in [9.17, 15) is 4.79 Å². The second kappa shape index (κ2) is 4.02. The highest BCUT2D eigenvalue weighted by Crippen LogP contribution is 2.38. The van der Waals surface area contributed by atoms with Gasteiger partial charge in [0.05, 0.1) is 0 Å². The van der Waals surface area contributed by atoms with E-state index in [1.807, 2.05) is 26.8 Å². The summed E-state index contributed by atoms with van der Waals surface area (Å²) in [6.45, 7) is 8.17. The molecule has 0 saturated carbocycles. The monoisotopic (exact) mass is 229 g/mol. The van der Waals surface area contributed by atoms with Gasteiger partial charge in [0.25, 0.3) is 0 Å². The molecule has 1 aliphatic carbocycles. The second-order valence-corrected chi connectivity index (χ2v) is 5.13. The Kier molecular flexibility index (Phi) is 2.82. The molecule has 1 aromatic carbocycles. The van der Waals surface area contributed by atoms with Crippen molar-refractivity contribution in [2.75, 3.05) is 5.73 Å². The number of allylic oxidation sites excluding steroid dienone is 2. The van der Waals surface area contributed by atoms with Gasteiger partial charge in [0.2, 0.25) is 0 Å². The zero-order valence-electron chi connectivity index (χ0n) is 10.9. The van der Waals surface area contributed by atoms with Gasteiger partial charge in [-0.2, -0.15) is 0 Å². The number of hydrogen-bond donors (Lipinski definition) is 1. The molecule has 0 saturated heterocycles. The Morgan fingerprint density at radius 1 is 1.24 bits per heavy atom.